The fourth-order valence-corrected chi connectivity index (χ4v) is 6.61. The van der Waals surface area contributed by atoms with Gasteiger partial charge in [-0.05, 0) is 54.5 Å². The minimum atomic E-state index is -4.32. The SMILES string of the molecule is O=C(O)c1ccc(CC=C(S(=O)(=O)c2ccccc2)S(=O)(=O)c2ccccc2)cc1. The van der Waals surface area contributed by atoms with Crippen molar-refractivity contribution in [2.45, 2.75) is 16.2 Å². The zero-order chi connectivity index (χ0) is 21.8. The van der Waals surface area contributed by atoms with Crippen molar-refractivity contribution in [1.29, 1.82) is 0 Å². The predicted molar refractivity (Wildman–Crippen MR) is 112 cm³/mol. The first-order chi connectivity index (χ1) is 14.2. The van der Waals surface area contributed by atoms with Crippen LogP contribution in [-0.2, 0) is 26.1 Å². The van der Waals surface area contributed by atoms with Gasteiger partial charge in [-0.15, -0.1) is 0 Å². The summed E-state index contributed by atoms with van der Waals surface area (Å²) in [5, 5.41) is 8.99. The Morgan fingerprint density at radius 3 is 1.53 bits per heavy atom. The molecule has 0 unspecified atom stereocenters. The quantitative estimate of drug-likeness (QED) is 0.598. The predicted octanol–water partition coefficient (Wildman–Crippen LogP) is 3.72. The summed E-state index contributed by atoms with van der Waals surface area (Å²) in [6.45, 7) is 0. The van der Waals surface area contributed by atoms with Crippen molar-refractivity contribution in [3.63, 3.8) is 0 Å². The maximum absolute atomic E-state index is 13.2. The number of aromatic carboxylic acids is 1. The van der Waals surface area contributed by atoms with Crippen LogP contribution in [0.3, 0.4) is 0 Å². The van der Waals surface area contributed by atoms with Crippen molar-refractivity contribution >= 4 is 25.6 Å². The second-order valence-electron chi connectivity index (χ2n) is 6.36. The molecule has 6 nitrogen and oxygen atoms in total. The van der Waals surface area contributed by atoms with Crippen LogP contribution >= 0.6 is 0 Å². The lowest BCUT2D eigenvalue weighted by Crippen LogP contribution is -2.15. The maximum atomic E-state index is 13.2. The monoisotopic (exact) mass is 442 g/mol. The summed E-state index contributed by atoms with van der Waals surface area (Å²) in [7, 11) is -8.64. The third-order valence-electron chi connectivity index (χ3n) is 4.34. The molecular weight excluding hydrogens is 424 g/mol. The number of carboxylic acids is 1. The molecule has 0 aliphatic heterocycles. The van der Waals surface area contributed by atoms with E-state index in [1.807, 2.05) is 0 Å². The lowest BCUT2D eigenvalue weighted by molar-refractivity contribution is 0.0697. The highest BCUT2D eigenvalue weighted by molar-refractivity contribution is 8.14. The zero-order valence-corrected chi connectivity index (χ0v) is 17.3. The van der Waals surface area contributed by atoms with Crippen LogP contribution in [0.4, 0.5) is 0 Å². The number of rotatable bonds is 7. The Bertz CT molecular complexity index is 1210. The highest BCUT2D eigenvalue weighted by Crippen LogP contribution is 2.29. The molecule has 3 aromatic rings. The van der Waals surface area contributed by atoms with Gasteiger partial charge in [0.05, 0.1) is 15.4 Å². The Morgan fingerprint density at radius 1 is 0.700 bits per heavy atom. The third kappa shape index (κ3) is 4.50. The third-order valence-corrected chi connectivity index (χ3v) is 8.84. The maximum Gasteiger partial charge on any atom is 0.335 e. The van der Waals surface area contributed by atoms with Gasteiger partial charge in [-0.25, -0.2) is 21.6 Å². The normalized spacial score (nSPS) is 11.6. The summed E-state index contributed by atoms with van der Waals surface area (Å²) >= 11 is 0. The average molecular weight is 443 g/mol. The molecule has 0 fully saturated rings. The lowest BCUT2D eigenvalue weighted by Gasteiger charge is -2.11. The van der Waals surface area contributed by atoms with E-state index >= 15 is 0 Å². The van der Waals surface area contributed by atoms with Gasteiger partial charge < -0.3 is 5.11 Å². The molecule has 30 heavy (non-hydrogen) atoms. The van der Waals surface area contributed by atoms with Crippen LogP contribution in [0.1, 0.15) is 15.9 Å². The number of benzene rings is 3. The molecule has 0 aliphatic carbocycles. The van der Waals surface area contributed by atoms with Crippen LogP contribution < -0.4 is 0 Å². The van der Waals surface area contributed by atoms with E-state index in [0.29, 0.717) is 5.56 Å². The molecule has 3 rings (SSSR count). The van der Waals surface area contributed by atoms with Crippen LogP contribution in [0.25, 0.3) is 0 Å². The fourth-order valence-electron chi connectivity index (χ4n) is 2.78. The van der Waals surface area contributed by atoms with Crippen LogP contribution in [0.5, 0.6) is 0 Å². The first kappa shape index (κ1) is 21.5. The van der Waals surface area contributed by atoms with Crippen LogP contribution in [0.2, 0.25) is 0 Å². The van der Waals surface area contributed by atoms with Gasteiger partial charge in [-0.1, -0.05) is 48.5 Å². The lowest BCUT2D eigenvalue weighted by atomic mass is 10.1. The van der Waals surface area contributed by atoms with E-state index in [2.05, 4.69) is 0 Å². The minimum Gasteiger partial charge on any atom is -0.478 e. The summed E-state index contributed by atoms with van der Waals surface area (Å²) in [4.78, 5) is 10.7. The molecule has 3 aromatic carbocycles. The van der Waals surface area contributed by atoms with E-state index in [1.165, 1.54) is 72.8 Å². The van der Waals surface area contributed by atoms with Gasteiger partial charge in [0.25, 0.3) is 0 Å². The van der Waals surface area contributed by atoms with Crippen molar-refractivity contribution < 1.29 is 26.7 Å². The highest BCUT2D eigenvalue weighted by atomic mass is 32.3. The van der Waals surface area contributed by atoms with E-state index in [4.69, 9.17) is 5.11 Å². The number of carbonyl (C=O) groups is 1. The minimum absolute atomic E-state index is 0.00659. The summed E-state index contributed by atoms with van der Waals surface area (Å²) in [6, 6.07) is 20.5. The first-order valence-corrected chi connectivity index (χ1v) is 11.8. The number of sulfone groups is 2. The summed E-state index contributed by atoms with van der Waals surface area (Å²) in [6.07, 6.45) is 1.15. The molecule has 0 spiro atoms. The number of allylic oxidation sites excluding steroid dienone is 1. The van der Waals surface area contributed by atoms with Crippen molar-refractivity contribution in [1.82, 2.24) is 0 Å². The van der Waals surface area contributed by atoms with Gasteiger partial charge >= 0.3 is 5.97 Å². The first-order valence-electron chi connectivity index (χ1n) is 8.85. The van der Waals surface area contributed by atoms with Gasteiger partial charge in [-0.3, -0.25) is 0 Å². The van der Waals surface area contributed by atoms with E-state index < -0.39 is 29.9 Å². The molecule has 0 radical (unpaired) electrons. The fraction of sp³-hybridized carbons (Fsp3) is 0.0455. The Balaban J connectivity index is 2.10. The number of carboxylic acid groups (broad SMARTS) is 1. The van der Waals surface area contributed by atoms with Crippen molar-refractivity contribution in [3.05, 3.63) is 106 Å². The molecule has 0 amide bonds. The number of hydrogen-bond acceptors (Lipinski definition) is 5. The zero-order valence-electron chi connectivity index (χ0n) is 15.7. The Hall–Kier alpha value is -3.23. The second-order valence-corrected chi connectivity index (χ2v) is 10.5. The molecule has 8 heteroatoms. The van der Waals surface area contributed by atoms with E-state index in [0.717, 1.165) is 6.08 Å². The van der Waals surface area contributed by atoms with Crippen LogP contribution in [0, 0.1) is 0 Å². The Kier molecular flexibility index (Phi) is 6.19. The summed E-state index contributed by atoms with van der Waals surface area (Å²) in [5.41, 5.74) is 0.654. The standard InChI is InChI=1S/C22H18O6S2/c23-22(24)18-14-11-17(12-15-18)13-16-21(29(25,26)19-7-3-1-4-8-19)30(27,28)20-9-5-2-6-10-20/h1-12,14-16H,13H2,(H,23,24). The molecule has 1 N–H and O–H groups in total. The van der Waals surface area contributed by atoms with E-state index in [9.17, 15) is 21.6 Å². The van der Waals surface area contributed by atoms with Crippen molar-refractivity contribution in [2.75, 3.05) is 0 Å². The molecule has 0 saturated carbocycles. The van der Waals surface area contributed by atoms with Gasteiger partial charge in [0.15, 0.2) is 4.24 Å². The topological polar surface area (TPSA) is 106 Å². The molecule has 154 valence electrons. The number of hydrogen-bond donors (Lipinski definition) is 1. The van der Waals surface area contributed by atoms with Crippen molar-refractivity contribution in [2.24, 2.45) is 0 Å². The average Bonchev–Trinajstić information content (AvgIpc) is 2.75. The van der Waals surface area contributed by atoms with Crippen molar-refractivity contribution in [3.8, 4) is 0 Å². The second kappa shape index (κ2) is 8.64. The highest BCUT2D eigenvalue weighted by Gasteiger charge is 2.33. The van der Waals surface area contributed by atoms with Gasteiger partial charge in [-0.2, -0.15) is 0 Å². The van der Waals surface area contributed by atoms with E-state index in [1.54, 1.807) is 12.1 Å². The summed E-state index contributed by atoms with van der Waals surface area (Å²) in [5.74, 6) is -1.09. The Labute approximate surface area is 175 Å². The molecule has 0 saturated heterocycles. The smallest absolute Gasteiger partial charge is 0.335 e. The largest absolute Gasteiger partial charge is 0.478 e. The van der Waals surface area contributed by atoms with Crippen LogP contribution in [0.15, 0.2) is 105 Å². The van der Waals surface area contributed by atoms with Gasteiger partial charge in [0.1, 0.15) is 0 Å². The van der Waals surface area contributed by atoms with Crippen LogP contribution in [-0.4, -0.2) is 27.9 Å². The molecule has 0 bridgehead atoms. The van der Waals surface area contributed by atoms with Gasteiger partial charge in [0.2, 0.25) is 19.7 Å². The van der Waals surface area contributed by atoms with Gasteiger partial charge in [0, 0.05) is 0 Å². The van der Waals surface area contributed by atoms with E-state index in [-0.39, 0.29) is 21.8 Å². The molecular formula is C22H18O6S2. The molecule has 0 aromatic heterocycles. The molecule has 0 aliphatic rings. The summed E-state index contributed by atoms with van der Waals surface area (Å²) < 4.78 is 52.1. The Morgan fingerprint density at radius 2 is 1.13 bits per heavy atom. The molecule has 0 heterocycles. The molecule has 0 atom stereocenters.